The number of fused-ring (bicyclic) bond motifs is 4. The lowest BCUT2D eigenvalue weighted by Gasteiger charge is -2.45. The molecule has 5 heteroatoms. The van der Waals surface area contributed by atoms with Crippen LogP contribution >= 0.6 is 0 Å². The highest BCUT2D eigenvalue weighted by Crippen LogP contribution is 2.37. The van der Waals surface area contributed by atoms with E-state index in [0.717, 1.165) is 44.6 Å². The smallest absolute Gasteiger partial charge is 0.250 e. The van der Waals surface area contributed by atoms with Crippen molar-refractivity contribution in [1.82, 2.24) is 9.47 Å². The minimum absolute atomic E-state index is 0.0746. The van der Waals surface area contributed by atoms with Gasteiger partial charge in [0.25, 0.3) is 5.56 Å². The number of nitrogens with zero attached hydrogens (tertiary/aromatic N) is 2. The molecule has 0 spiro atoms. The fourth-order valence-corrected chi connectivity index (χ4v) is 4.78. The molecule has 5 nitrogen and oxygen atoms in total. The van der Waals surface area contributed by atoms with E-state index in [0.29, 0.717) is 18.4 Å². The van der Waals surface area contributed by atoms with Crippen LogP contribution in [0, 0.1) is 11.8 Å². The molecule has 2 fully saturated rings. The van der Waals surface area contributed by atoms with E-state index < -0.39 is 0 Å². The topological polar surface area (TPSA) is 51.5 Å². The number of carbonyl (C=O) groups excluding carboxylic acids is 1. The van der Waals surface area contributed by atoms with Crippen molar-refractivity contribution in [2.24, 2.45) is 11.8 Å². The van der Waals surface area contributed by atoms with E-state index in [1.807, 2.05) is 16.7 Å². The second-order valence-corrected chi connectivity index (χ2v) is 8.24. The summed E-state index contributed by atoms with van der Waals surface area (Å²) in [5.41, 5.74) is 0.987. The average molecular weight is 330 g/mol. The van der Waals surface area contributed by atoms with Gasteiger partial charge in [0.1, 0.15) is 0 Å². The zero-order valence-electron chi connectivity index (χ0n) is 14.5. The Morgan fingerprint density at radius 3 is 2.88 bits per heavy atom. The first kappa shape index (κ1) is 15.9. The van der Waals surface area contributed by atoms with Crippen LogP contribution in [-0.4, -0.2) is 40.7 Å². The molecular weight excluding hydrogens is 304 g/mol. The summed E-state index contributed by atoms with van der Waals surface area (Å²) in [6.07, 6.45) is 2.71. The maximum Gasteiger partial charge on any atom is 0.250 e. The molecule has 0 aliphatic carbocycles. The molecule has 2 saturated heterocycles. The summed E-state index contributed by atoms with van der Waals surface area (Å²) in [5.74, 6) is 1.05. The third kappa shape index (κ3) is 2.79. The van der Waals surface area contributed by atoms with Crippen molar-refractivity contribution in [2.45, 2.75) is 51.2 Å². The molecule has 2 bridgehead atoms. The van der Waals surface area contributed by atoms with E-state index in [2.05, 4.69) is 18.7 Å². The highest BCUT2D eigenvalue weighted by atomic mass is 16.5. The van der Waals surface area contributed by atoms with Gasteiger partial charge >= 0.3 is 0 Å². The Bertz CT molecular complexity index is 709. The van der Waals surface area contributed by atoms with Gasteiger partial charge in [-0.15, -0.1) is 0 Å². The molecule has 0 aromatic carbocycles. The predicted octanol–water partition coefficient (Wildman–Crippen LogP) is 2.00. The summed E-state index contributed by atoms with van der Waals surface area (Å²) >= 11 is 0. The SMILES string of the molecule is CC1(C)C[C@@H](C(=O)N2C[C@@H]3C[C@@H](C2)c2cccc(=O)n2C3)CCO1. The lowest BCUT2D eigenvalue weighted by Crippen LogP contribution is -2.52. The third-order valence-electron chi connectivity index (χ3n) is 5.84. The van der Waals surface area contributed by atoms with Crippen LogP contribution in [0.25, 0.3) is 0 Å². The van der Waals surface area contributed by atoms with Crippen LogP contribution < -0.4 is 5.56 Å². The van der Waals surface area contributed by atoms with Crippen LogP contribution in [0.4, 0.5) is 0 Å². The highest BCUT2D eigenvalue weighted by molar-refractivity contribution is 5.79. The Labute approximate surface area is 142 Å². The van der Waals surface area contributed by atoms with Crippen LogP contribution in [0.1, 0.15) is 44.7 Å². The number of aromatic nitrogens is 1. The molecule has 1 aromatic rings. The van der Waals surface area contributed by atoms with Crippen molar-refractivity contribution in [2.75, 3.05) is 19.7 Å². The Hall–Kier alpha value is -1.62. The van der Waals surface area contributed by atoms with Crippen molar-refractivity contribution in [3.05, 3.63) is 34.2 Å². The Kier molecular flexibility index (Phi) is 3.79. The zero-order valence-corrected chi connectivity index (χ0v) is 14.5. The molecular formula is C19H26N2O3. The van der Waals surface area contributed by atoms with Gasteiger partial charge in [-0.1, -0.05) is 6.07 Å². The van der Waals surface area contributed by atoms with Crippen molar-refractivity contribution in [1.29, 1.82) is 0 Å². The summed E-state index contributed by atoms with van der Waals surface area (Å²) < 4.78 is 7.67. The lowest BCUT2D eigenvalue weighted by molar-refractivity contribution is -0.148. The molecule has 1 amide bonds. The number of pyridine rings is 1. The first-order valence-electron chi connectivity index (χ1n) is 9.05. The molecule has 3 aliphatic heterocycles. The quantitative estimate of drug-likeness (QED) is 0.791. The summed E-state index contributed by atoms with van der Waals surface area (Å²) in [4.78, 5) is 27.2. The first-order valence-corrected chi connectivity index (χ1v) is 9.05. The van der Waals surface area contributed by atoms with Crippen LogP contribution in [0.15, 0.2) is 23.0 Å². The van der Waals surface area contributed by atoms with Crippen molar-refractivity contribution >= 4 is 5.91 Å². The fraction of sp³-hybridized carbons (Fsp3) is 0.684. The number of amides is 1. The molecule has 0 unspecified atom stereocenters. The maximum absolute atomic E-state index is 13.1. The fourth-order valence-electron chi connectivity index (χ4n) is 4.78. The highest BCUT2D eigenvalue weighted by Gasteiger charge is 2.40. The van der Waals surface area contributed by atoms with Gasteiger partial charge in [0, 0.05) is 49.8 Å². The second-order valence-electron chi connectivity index (χ2n) is 8.24. The summed E-state index contributed by atoms with van der Waals surface area (Å²) in [5, 5.41) is 0. The summed E-state index contributed by atoms with van der Waals surface area (Å²) in [7, 11) is 0. The van der Waals surface area contributed by atoms with E-state index >= 15 is 0 Å². The maximum atomic E-state index is 13.1. The summed E-state index contributed by atoms with van der Waals surface area (Å²) in [6.45, 7) is 7.08. The minimum atomic E-state index is -0.204. The molecule has 130 valence electrons. The molecule has 3 atom stereocenters. The molecule has 0 saturated carbocycles. The Morgan fingerprint density at radius 2 is 2.08 bits per heavy atom. The Balaban J connectivity index is 1.54. The Morgan fingerprint density at radius 1 is 1.25 bits per heavy atom. The van der Waals surface area contributed by atoms with E-state index in [1.165, 1.54) is 0 Å². The van der Waals surface area contributed by atoms with Gasteiger partial charge in [-0.2, -0.15) is 0 Å². The number of piperidine rings is 1. The predicted molar refractivity (Wildman–Crippen MR) is 90.9 cm³/mol. The number of ether oxygens (including phenoxy) is 1. The molecule has 0 N–H and O–H groups in total. The number of carbonyl (C=O) groups is 1. The van der Waals surface area contributed by atoms with Crippen molar-refractivity contribution in [3.63, 3.8) is 0 Å². The molecule has 3 aliphatic rings. The van der Waals surface area contributed by atoms with Gasteiger partial charge in [0.2, 0.25) is 5.91 Å². The standard InChI is InChI=1S/C19H26N2O3/c1-19(2)9-14(6-7-24-19)18(23)20-10-13-8-15(12-20)16-4-3-5-17(22)21(16)11-13/h3-5,13-15H,6-12H2,1-2H3/t13-,14-,15-/m0/s1. The molecule has 4 rings (SSSR count). The van der Waals surface area contributed by atoms with E-state index in [4.69, 9.17) is 4.74 Å². The van der Waals surface area contributed by atoms with Gasteiger partial charge in [0.15, 0.2) is 0 Å². The normalized spacial score (nSPS) is 31.4. The third-order valence-corrected chi connectivity index (χ3v) is 5.84. The van der Waals surface area contributed by atoms with Crippen LogP contribution in [-0.2, 0) is 16.1 Å². The van der Waals surface area contributed by atoms with Gasteiger partial charge < -0.3 is 14.2 Å². The number of likely N-dealkylation sites (tertiary alicyclic amines) is 1. The first-order chi connectivity index (χ1) is 11.4. The van der Waals surface area contributed by atoms with Crippen molar-refractivity contribution < 1.29 is 9.53 Å². The van der Waals surface area contributed by atoms with E-state index in [9.17, 15) is 9.59 Å². The lowest BCUT2D eigenvalue weighted by atomic mass is 9.81. The molecule has 1 aromatic heterocycles. The van der Waals surface area contributed by atoms with Crippen LogP contribution in [0.2, 0.25) is 0 Å². The zero-order chi connectivity index (χ0) is 16.9. The van der Waals surface area contributed by atoms with Gasteiger partial charge in [0.05, 0.1) is 5.60 Å². The van der Waals surface area contributed by atoms with Crippen LogP contribution in [0.3, 0.4) is 0 Å². The molecule has 0 radical (unpaired) electrons. The second kappa shape index (κ2) is 5.73. The van der Waals surface area contributed by atoms with E-state index in [-0.39, 0.29) is 23.0 Å². The van der Waals surface area contributed by atoms with Crippen LogP contribution in [0.5, 0.6) is 0 Å². The monoisotopic (exact) mass is 330 g/mol. The van der Waals surface area contributed by atoms with Gasteiger partial charge in [-0.05, 0) is 45.1 Å². The summed E-state index contributed by atoms with van der Waals surface area (Å²) in [6, 6.07) is 5.53. The molecule has 24 heavy (non-hydrogen) atoms. The number of rotatable bonds is 1. The molecule has 4 heterocycles. The van der Waals surface area contributed by atoms with E-state index in [1.54, 1.807) is 6.07 Å². The van der Waals surface area contributed by atoms with Gasteiger partial charge in [-0.25, -0.2) is 0 Å². The minimum Gasteiger partial charge on any atom is -0.376 e. The largest absolute Gasteiger partial charge is 0.376 e. The number of hydrogen-bond donors (Lipinski definition) is 0. The van der Waals surface area contributed by atoms with Crippen molar-refractivity contribution in [3.8, 4) is 0 Å². The average Bonchev–Trinajstić information content (AvgIpc) is 2.54. The van der Waals surface area contributed by atoms with Gasteiger partial charge in [-0.3, -0.25) is 9.59 Å². The number of hydrogen-bond acceptors (Lipinski definition) is 3.